The van der Waals surface area contributed by atoms with E-state index in [9.17, 15) is 4.79 Å². The van der Waals surface area contributed by atoms with E-state index in [1.807, 2.05) is 18.2 Å². The lowest BCUT2D eigenvalue weighted by atomic mass is 10.2. The van der Waals surface area contributed by atoms with Crippen LogP contribution in [0.25, 0.3) is 0 Å². The van der Waals surface area contributed by atoms with Gasteiger partial charge >= 0.3 is 5.97 Å². The fraction of sp³-hybridized carbons (Fsp3) is 0.154. The SMILES string of the molecule is O=C(O)c1cncnc1CNCc1cccc(Cl)c1. The van der Waals surface area contributed by atoms with Crippen LogP contribution in [0.15, 0.2) is 36.8 Å². The van der Waals surface area contributed by atoms with Gasteiger partial charge in [-0.05, 0) is 17.7 Å². The number of benzene rings is 1. The Labute approximate surface area is 115 Å². The van der Waals surface area contributed by atoms with Crippen molar-refractivity contribution in [1.29, 1.82) is 0 Å². The molecule has 0 amide bonds. The number of carboxylic acids is 1. The first-order chi connectivity index (χ1) is 9.16. The average molecular weight is 278 g/mol. The lowest BCUT2D eigenvalue weighted by Gasteiger charge is -2.06. The second kappa shape index (κ2) is 6.26. The molecule has 1 aromatic heterocycles. The highest BCUT2D eigenvalue weighted by atomic mass is 35.5. The van der Waals surface area contributed by atoms with Crippen LogP contribution in [-0.2, 0) is 13.1 Å². The van der Waals surface area contributed by atoms with Crippen LogP contribution < -0.4 is 5.32 Å². The first kappa shape index (κ1) is 13.5. The van der Waals surface area contributed by atoms with Crippen molar-refractivity contribution in [3.05, 3.63) is 58.6 Å². The molecule has 1 heterocycles. The largest absolute Gasteiger partial charge is 0.478 e. The lowest BCUT2D eigenvalue weighted by Crippen LogP contribution is -2.17. The number of nitrogens with zero attached hydrogens (tertiary/aromatic N) is 2. The number of hydrogen-bond acceptors (Lipinski definition) is 4. The number of carboxylic acid groups (broad SMARTS) is 1. The lowest BCUT2D eigenvalue weighted by molar-refractivity contribution is 0.0694. The Hall–Kier alpha value is -1.98. The molecule has 6 heteroatoms. The van der Waals surface area contributed by atoms with Crippen molar-refractivity contribution in [1.82, 2.24) is 15.3 Å². The molecule has 98 valence electrons. The van der Waals surface area contributed by atoms with Crippen LogP contribution in [0.2, 0.25) is 5.02 Å². The van der Waals surface area contributed by atoms with Crippen LogP contribution in [0, 0.1) is 0 Å². The van der Waals surface area contributed by atoms with Crippen LogP contribution in [0.5, 0.6) is 0 Å². The molecule has 19 heavy (non-hydrogen) atoms. The number of nitrogens with one attached hydrogen (secondary N) is 1. The molecule has 0 saturated heterocycles. The minimum atomic E-state index is -1.03. The van der Waals surface area contributed by atoms with Gasteiger partial charge in [0.2, 0.25) is 0 Å². The Morgan fingerprint density at radius 2 is 2.21 bits per heavy atom. The minimum Gasteiger partial charge on any atom is -0.478 e. The third-order valence-corrected chi connectivity index (χ3v) is 2.77. The molecule has 0 saturated carbocycles. The Balaban J connectivity index is 1.98. The summed E-state index contributed by atoms with van der Waals surface area (Å²) in [7, 11) is 0. The van der Waals surface area contributed by atoms with Crippen molar-refractivity contribution in [3.8, 4) is 0 Å². The molecule has 0 aliphatic carbocycles. The third kappa shape index (κ3) is 3.74. The van der Waals surface area contributed by atoms with Gasteiger partial charge in [-0.1, -0.05) is 23.7 Å². The maximum absolute atomic E-state index is 11.0. The normalized spacial score (nSPS) is 10.4. The van der Waals surface area contributed by atoms with Crippen LogP contribution in [0.4, 0.5) is 0 Å². The molecule has 0 unspecified atom stereocenters. The van der Waals surface area contributed by atoms with Crippen LogP contribution in [0.3, 0.4) is 0 Å². The fourth-order valence-electron chi connectivity index (χ4n) is 1.65. The van der Waals surface area contributed by atoms with Gasteiger partial charge in [-0.2, -0.15) is 0 Å². The molecular formula is C13H12ClN3O2. The zero-order valence-corrected chi connectivity index (χ0v) is 10.8. The van der Waals surface area contributed by atoms with E-state index >= 15 is 0 Å². The van der Waals surface area contributed by atoms with Crippen LogP contribution >= 0.6 is 11.6 Å². The molecule has 2 aromatic rings. The molecule has 2 N–H and O–H groups in total. The maximum Gasteiger partial charge on any atom is 0.339 e. The number of carbonyl (C=O) groups is 1. The van der Waals surface area contributed by atoms with Gasteiger partial charge in [0, 0.05) is 24.3 Å². The molecule has 1 aromatic carbocycles. The average Bonchev–Trinajstić information content (AvgIpc) is 2.39. The molecular weight excluding hydrogens is 266 g/mol. The summed E-state index contributed by atoms with van der Waals surface area (Å²) in [5.41, 5.74) is 1.60. The number of aromatic nitrogens is 2. The molecule has 2 rings (SSSR count). The summed E-state index contributed by atoms with van der Waals surface area (Å²) >= 11 is 5.88. The highest BCUT2D eigenvalue weighted by Crippen LogP contribution is 2.10. The summed E-state index contributed by atoms with van der Waals surface area (Å²) in [4.78, 5) is 18.6. The van der Waals surface area contributed by atoms with Crippen molar-refractivity contribution < 1.29 is 9.90 Å². The van der Waals surface area contributed by atoms with Gasteiger partial charge in [-0.15, -0.1) is 0 Å². The van der Waals surface area contributed by atoms with E-state index in [2.05, 4.69) is 15.3 Å². The second-order valence-corrected chi connectivity index (χ2v) is 4.36. The number of aromatic carboxylic acids is 1. The summed E-state index contributed by atoms with van der Waals surface area (Å²) in [5, 5.41) is 12.8. The van der Waals surface area contributed by atoms with E-state index < -0.39 is 5.97 Å². The summed E-state index contributed by atoms with van der Waals surface area (Å²) in [6, 6.07) is 7.47. The number of rotatable bonds is 5. The topological polar surface area (TPSA) is 75.1 Å². The van der Waals surface area contributed by atoms with Crippen molar-refractivity contribution in [2.45, 2.75) is 13.1 Å². The summed E-state index contributed by atoms with van der Waals surface area (Å²) in [5.74, 6) is -1.03. The Morgan fingerprint density at radius 1 is 1.37 bits per heavy atom. The first-order valence-corrected chi connectivity index (χ1v) is 6.02. The first-order valence-electron chi connectivity index (χ1n) is 5.64. The summed E-state index contributed by atoms with van der Waals surface area (Å²) < 4.78 is 0. The standard InChI is InChI=1S/C13H12ClN3O2/c14-10-3-1-2-9(4-10)5-15-7-12-11(13(18)19)6-16-8-17-12/h1-4,6,8,15H,5,7H2,(H,18,19). The highest BCUT2D eigenvalue weighted by Gasteiger charge is 2.10. The molecule has 0 radical (unpaired) electrons. The smallest absolute Gasteiger partial charge is 0.339 e. The third-order valence-electron chi connectivity index (χ3n) is 2.54. The zero-order valence-electron chi connectivity index (χ0n) is 10.0. The van der Waals surface area contributed by atoms with E-state index in [-0.39, 0.29) is 5.56 Å². The molecule has 0 atom stereocenters. The van der Waals surface area contributed by atoms with Crippen LogP contribution in [-0.4, -0.2) is 21.0 Å². The highest BCUT2D eigenvalue weighted by molar-refractivity contribution is 6.30. The molecule has 0 bridgehead atoms. The molecule has 0 fully saturated rings. The van der Waals surface area contributed by atoms with E-state index in [1.165, 1.54) is 12.5 Å². The molecule has 0 aliphatic rings. The van der Waals surface area contributed by atoms with Crippen molar-refractivity contribution in [3.63, 3.8) is 0 Å². The Morgan fingerprint density at radius 3 is 2.95 bits per heavy atom. The van der Waals surface area contributed by atoms with Gasteiger partial charge in [0.05, 0.1) is 5.69 Å². The fourth-order valence-corrected chi connectivity index (χ4v) is 1.86. The van der Waals surface area contributed by atoms with Crippen molar-refractivity contribution in [2.75, 3.05) is 0 Å². The van der Waals surface area contributed by atoms with Crippen LogP contribution in [0.1, 0.15) is 21.6 Å². The Kier molecular flexibility index (Phi) is 4.43. The summed E-state index contributed by atoms with van der Waals surface area (Å²) in [6.45, 7) is 0.945. The van der Waals surface area contributed by atoms with Gasteiger partial charge < -0.3 is 10.4 Å². The van der Waals surface area contributed by atoms with Gasteiger partial charge in [0.15, 0.2) is 0 Å². The monoisotopic (exact) mass is 277 g/mol. The molecule has 5 nitrogen and oxygen atoms in total. The maximum atomic E-state index is 11.0. The molecule has 0 spiro atoms. The number of halogens is 1. The summed E-state index contributed by atoms with van der Waals surface area (Å²) in [6.07, 6.45) is 2.63. The minimum absolute atomic E-state index is 0.112. The predicted octanol–water partition coefficient (Wildman–Crippen LogP) is 2.12. The van der Waals surface area contributed by atoms with Gasteiger partial charge in [0.25, 0.3) is 0 Å². The number of hydrogen-bond donors (Lipinski definition) is 2. The Bertz CT molecular complexity index is 590. The van der Waals surface area contributed by atoms with E-state index in [0.29, 0.717) is 23.8 Å². The van der Waals surface area contributed by atoms with E-state index in [4.69, 9.17) is 16.7 Å². The van der Waals surface area contributed by atoms with Gasteiger partial charge in [0.1, 0.15) is 11.9 Å². The van der Waals surface area contributed by atoms with E-state index in [0.717, 1.165) is 5.56 Å². The van der Waals surface area contributed by atoms with Crippen molar-refractivity contribution >= 4 is 17.6 Å². The van der Waals surface area contributed by atoms with E-state index in [1.54, 1.807) is 6.07 Å². The second-order valence-electron chi connectivity index (χ2n) is 3.92. The van der Waals surface area contributed by atoms with Gasteiger partial charge in [-0.3, -0.25) is 0 Å². The quantitative estimate of drug-likeness (QED) is 0.875. The predicted molar refractivity (Wildman–Crippen MR) is 71.0 cm³/mol. The molecule has 0 aliphatic heterocycles. The van der Waals surface area contributed by atoms with Crippen molar-refractivity contribution in [2.24, 2.45) is 0 Å². The van der Waals surface area contributed by atoms with Gasteiger partial charge in [-0.25, -0.2) is 14.8 Å². The zero-order chi connectivity index (χ0) is 13.7.